The molecule has 0 radical (unpaired) electrons. The predicted molar refractivity (Wildman–Crippen MR) is 92.2 cm³/mol. The number of oxazole rings is 1. The predicted octanol–water partition coefficient (Wildman–Crippen LogP) is 4.61. The van der Waals surface area contributed by atoms with Crippen LogP contribution >= 0.6 is 0 Å². The fourth-order valence-electron chi connectivity index (χ4n) is 3.17. The zero-order valence-electron chi connectivity index (χ0n) is 13.3. The highest BCUT2D eigenvalue weighted by Crippen LogP contribution is 2.36. The molecule has 122 valence electrons. The van der Waals surface area contributed by atoms with Crippen LogP contribution in [0.5, 0.6) is 0 Å². The number of benzene rings is 2. The minimum Gasteiger partial charge on any atom is -0.440 e. The molecule has 1 fully saturated rings. The number of piperidine rings is 1. The largest absolute Gasteiger partial charge is 0.440 e. The minimum atomic E-state index is -0.248. The SMILES string of the molecule is Fc1ccc(-c2nc(C3CCNCC3)oc2-c2ccccc2)cc1. The van der Waals surface area contributed by atoms with Crippen molar-refractivity contribution < 1.29 is 8.81 Å². The quantitative estimate of drug-likeness (QED) is 0.765. The van der Waals surface area contributed by atoms with Crippen LogP contribution < -0.4 is 5.32 Å². The molecular formula is C20H19FN2O. The van der Waals surface area contributed by atoms with Crippen LogP contribution in [-0.2, 0) is 0 Å². The van der Waals surface area contributed by atoms with E-state index in [9.17, 15) is 4.39 Å². The number of hydrogen-bond donors (Lipinski definition) is 1. The molecule has 1 aromatic heterocycles. The summed E-state index contributed by atoms with van der Waals surface area (Å²) in [5, 5.41) is 3.36. The van der Waals surface area contributed by atoms with E-state index in [1.165, 1.54) is 12.1 Å². The maximum atomic E-state index is 13.3. The van der Waals surface area contributed by atoms with Crippen molar-refractivity contribution in [2.45, 2.75) is 18.8 Å². The third kappa shape index (κ3) is 2.97. The van der Waals surface area contributed by atoms with Gasteiger partial charge in [0.1, 0.15) is 11.5 Å². The van der Waals surface area contributed by atoms with Crippen LogP contribution in [0.15, 0.2) is 59.0 Å². The highest BCUT2D eigenvalue weighted by Gasteiger charge is 2.24. The fourth-order valence-corrected chi connectivity index (χ4v) is 3.17. The van der Waals surface area contributed by atoms with Gasteiger partial charge in [-0.2, -0.15) is 0 Å². The Balaban J connectivity index is 1.80. The number of nitrogens with one attached hydrogen (secondary N) is 1. The second-order valence-corrected chi connectivity index (χ2v) is 6.13. The van der Waals surface area contributed by atoms with Crippen molar-refractivity contribution in [1.82, 2.24) is 10.3 Å². The van der Waals surface area contributed by atoms with Gasteiger partial charge < -0.3 is 9.73 Å². The summed E-state index contributed by atoms with van der Waals surface area (Å²) in [5.41, 5.74) is 2.65. The van der Waals surface area contributed by atoms with E-state index in [1.54, 1.807) is 12.1 Å². The smallest absolute Gasteiger partial charge is 0.198 e. The van der Waals surface area contributed by atoms with Gasteiger partial charge in [0.25, 0.3) is 0 Å². The number of hydrogen-bond acceptors (Lipinski definition) is 3. The van der Waals surface area contributed by atoms with Gasteiger partial charge in [0.05, 0.1) is 0 Å². The summed E-state index contributed by atoms with van der Waals surface area (Å²) in [7, 11) is 0. The lowest BCUT2D eigenvalue weighted by Gasteiger charge is -2.19. The van der Waals surface area contributed by atoms with Gasteiger partial charge in [0.15, 0.2) is 11.7 Å². The monoisotopic (exact) mass is 322 g/mol. The highest BCUT2D eigenvalue weighted by molar-refractivity contribution is 5.76. The molecule has 1 N–H and O–H groups in total. The molecule has 2 heterocycles. The Morgan fingerprint density at radius 1 is 0.917 bits per heavy atom. The maximum Gasteiger partial charge on any atom is 0.198 e. The summed E-state index contributed by atoms with van der Waals surface area (Å²) in [6.07, 6.45) is 2.05. The first kappa shape index (κ1) is 15.1. The lowest BCUT2D eigenvalue weighted by Crippen LogP contribution is -2.26. The fraction of sp³-hybridized carbons (Fsp3) is 0.250. The maximum absolute atomic E-state index is 13.3. The van der Waals surface area contributed by atoms with E-state index in [2.05, 4.69) is 5.32 Å². The van der Waals surface area contributed by atoms with Gasteiger partial charge in [-0.25, -0.2) is 9.37 Å². The third-order valence-electron chi connectivity index (χ3n) is 4.49. The van der Waals surface area contributed by atoms with Gasteiger partial charge in [-0.05, 0) is 50.2 Å². The molecule has 1 aliphatic heterocycles. The molecular weight excluding hydrogens is 303 g/mol. The van der Waals surface area contributed by atoms with Crippen LogP contribution in [0.2, 0.25) is 0 Å². The molecule has 0 unspecified atom stereocenters. The van der Waals surface area contributed by atoms with E-state index < -0.39 is 0 Å². The molecule has 3 nitrogen and oxygen atoms in total. The molecule has 0 bridgehead atoms. The van der Waals surface area contributed by atoms with Crippen LogP contribution in [0, 0.1) is 5.82 Å². The normalized spacial score (nSPS) is 15.5. The number of rotatable bonds is 3. The first-order valence-corrected chi connectivity index (χ1v) is 8.34. The van der Waals surface area contributed by atoms with Crippen molar-refractivity contribution in [2.24, 2.45) is 0 Å². The molecule has 0 aliphatic carbocycles. The number of aromatic nitrogens is 1. The second-order valence-electron chi connectivity index (χ2n) is 6.13. The summed E-state index contributed by atoms with van der Waals surface area (Å²) >= 11 is 0. The Bertz CT molecular complexity index is 805. The zero-order chi connectivity index (χ0) is 16.4. The summed E-state index contributed by atoms with van der Waals surface area (Å²) in [5.74, 6) is 1.63. The average Bonchev–Trinajstić information content (AvgIpc) is 3.09. The van der Waals surface area contributed by atoms with E-state index in [-0.39, 0.29) is 5.82 Å². The van der Waals surface area contributed by atoms with Crippen molar-refractivity contribution in [3.05, 3.63) is 66.3 Å². The van der Waals surface area contributed by atoms with E-state index in [0.29, 0.717) is 5.92 Å². The van der Waals surface area contributed by atoms with Crippen molar-refractivity contribution >= 4 is 0 Å². The summed E-state index contributed by atoms with van der Waals surface area (Å²) in [6, 6.07) is 16.4. The Morgan fingerprint density at radius 2 is 1.62 bits per heavy atom. The van der Waals surface area contributed by atoms with E-state index in [1.807, 2.05) is 30.3 Å². The molecule has 4 rings (SSSR count). The molecule has 4 heteroatoms. The lowest BCUT2D eigenvalue weighted by molar-refractivity contribution is 0.378. The summed E-state index contributed by atoms with van der Waals surface area (Å²) in [4.78, 5) is 4.79. The third-order valence-corrected chi connectivity index (χ3v) is 4.49. The van der Waals surface area contributed by atoms with Gasteiger partial charge in [0, 0.05) is 17.0 Å². The molecule has 1 aliphatic rings. The Morgan fingerprint density at radius 3 is 2.33 bits per heavy atom. The van der Waals surface area contributed by atoms with Gasteiger partial charge in [-0.3, -0.25) is 0 Å². The van der Waals surface area contributed by atoms with Crippen LogP contribution in [0.25, 0.3) is 22.6 Å². The molecule has 0 amide bonds. The first-order chi connectivity index (χ1) is 11.8. The Hall–Kier alpha value is -2.46. The molecule has 3 aromatic rings. The lowest BCUT2D eigenvalue weighted by atomic mass is 9.98. The minimum absolute atomic E-state index is 0.248. The summed E-state index contributed by atoms with van der Waals surface area (Å²) in [6.45, 7) is 1.97. The van der Waals surface area contributed by atoms with Crippen molar-refractivity contribution in [3.63, 3.8) is 0 Å². The van der Waals surface area contributed by atoms with Crippen molar-refractivity contribution in [2.75, 3.05) is 13.1 Å². The first-order valence-electron chi connectivity index (χ1n) is 8.34. The second kappa shape index (κ2) is 6.57. The molecule has 0 spiro atoms. The number of nitrogens with zero attached hydrogens (tertiary/aromatic N) is 1. The molecule has 0 saturated carbocycles. The average molecular weight is 322 g/mol. The van der Waals surface area contributed by atoms with E-state index >= 15 is 0 Å². The standard InChI is InChI=1S/C20H19FN2O/c21-17-8-6-14(7-9-17)18-19(15-4-2-1-3-5-15)24-20(23-18)16-10-12-22-13-11-16/h1-9,16,22H,10-13H2. The van der Waals surface area contributed by atoms with Gasteiger partial charge in [-0.15, -0.1) is 0 Å². The van der Waals surface area contributed by atoms with Crippen LogP contribution in [0.1, 0.15) is 24.7 Å². The van der Waals surface area contributed by atoms with E-state index in [4.69, 9.17) is 9.40 Å². The molecule has 24 heavy (non-hydrogen) atoms. The topological polar surface area (TPSA) is 38.1 Å². The van der Waals surface area contributed by atoms with Crippen molar-refractivity contribution in [3.8, 4) is 22.6 Å². The van der Waals surface area contributed by atoms with Crippen LogP contribution in [0.3, 0.4) is 0 Å². The van der Waals surface area contributed by atoms with Gasteiger partial charge in [0.2, 0.25) is 0 Å². The van der Waals surface area contributed by atoms with Gasteiger partial charge in [-0.1, -0.05) is 30.3 Å². The Kier molecular flexibility index (Phi) is 4.13. The molecule has 2 aromatic carbocycles. The summed E-state index contributed by atoms with van der Waals surface area (Å²) < 4.78 is 19.5. The zero-order valence-corrected chi connectivity index (χ0v) is 13.3. The van der Waals surface area contributed by atoms with Crippen molar-refractivity contribution in [1.29, 1.82) is 0 Å². The Labute approximate surface area is 140 Å². The number of halogens is 1. The van der Waals surface area contributed by atoms with E-state index in [0.717, 1.165) is 54.4 Å². The highest BCUT2D eigenvalue weighted by atomic mass is 19.1. The molecule has 0 atom stereocenters. The van der Waals surface area contributed by atoms with Gasteiger partial charge >= 0.3 is 0 Å². The molecule has 1 saturated heterocycles. The van der Waals surface area contributed by atoms with Crippen LogP contribution in [-0.4, -0.2) is 18.1 Å². The van der Waals surface area contributed by atoms with Crippen LogP contribution in [0.4, 0.5) is 4.39 Å².